The van der Waals surface area contributed by atoms with Gasteiger partial charge in [0.1, 0.15) is 5.75 Å². The molecule has 1 aromatic heterocycles. The number of benzene rings is 2. The summed E-state index contributed by atoms with van der Waals surface area (Å²) in [7, 11) is 0. The zero-order chi connectivity index (χ0) is 18.4. The summed E-state index contributed by atoms with van der Waals surface area (Å²) in [4.78, 5) is 29.8. The number of esters is 1. The number of hydrogen-bond donors (Lipinski definition) is 0. The lowest BCUT2D eigenvalue weighted by atomic mass is 10.3. The fraction of sp³-hybridized carbons (Fsp3) is 0.0500. The Morgan fingerprint density at radius 1 is 1.04 bits per heavy atom. The predicted molar refractivity (Wildman–Crippen MR) is 102 cm³/mol. The summed E-state index contributed by atoms with van der Waals surface area (Å²) in [5.74, 6) is -0.144. The molecule has 0 radical (unpaired) electrons. The van der Waals surface area contributed by atoms with Crippen LogP contribution in [0, 0.1) is 0 Å². The van der Waals surface area contributed by atoms with Crippen molar-refractivity contribution in [2.24, 2.45) is 0 Å². The highest BCUT2D eigenvalue weighted by Gasteiger charge is 2.17. The Morgan fingerprint density at radius 3 is 2.35 bits per heavy atom. The Labute approximate surface area is 155 Å². The van der Waals surface area contributed by atoms with E-state index in [-0.39, 0.29) is 5.91 Å². The maximum absolute atomic E-state index is 12.0. The van der Waals surface area contributed by atoms with Crippen molar-refractivity contribution in [3.05, 3.63) is 77.8 Å². The minimum atomic E-state index is -0.489. The van der Waals surface area contributed by atoms with Crippen LogP contribution in [0.25, 0.3) is 6.08 Å². The van der Waals surface area contributed by atoms with E-state index in [9.17, 15) is 9.59 Å². The van der Waals surface area contributed by atoms with E-state index in [1.54, 1.807) is 35.7 Å². The summed E-state index contributed by atoms with van der Waals surface area (Å²) in [5, 5.41) is 2.32. The highest BCUT2D eigenvalue weighted by Crippen LogP contribution is 2.29. The van der Waals surface area contributed by atoms with Gasteiger partial charge in [0.2, 0.25) is 5.91 Å². The zero-order valence-corrected chi connectivity index (χ0v) is 14.8. The standard InChI is InChI=1S/C20H16N2O3S/c1-15(23)22(17-8-4-2-5-9-17)20-21-16(14-26-20)12-13-19(24)25-18-10-6-3-7-11-18/h2-14H,1H3. The van der Waals surface area contributed by atoms with Crippen molar-refractivity contribution < 1.29 is 14.3 Å². The lowest BCUT2D eigenvalue weighted by Gasteiger charge is -2.17. The van der Waals surface area contributed by atoms with Crippen molar-refractivity contribution in [1.29, 1.82) is 0 Å². The molecule has 0 saturated heterocycles. The van der Waals surface area contributed by atoms with Crippen LogP contribution in [0.15, 0.2) is 72.1 Å². The number of carbonyl (C=O) groups is 2. The SMILES string of the molecule is CC(=O)N(c1ccccc1)c1nc(C=CC(=O)Oc2ccccc2)cs1. The molecular weight excluding hydrogens is 348 g/mol. The molecule has 26 heavy (non-hydrogen) atoms. The van der Waals surface area contributed by atoms with Gasteiger partial charge in [0.15, 0.2) is 5.13 Å². The highest BCUT2D eigenvalue weighted by molar-refractivity contribution is 7.14. The smallest absolute Gasteiger partial charge is 0.336 e. The fourth-order valence-corrected chi connectivity index (χ4v) is 3.11. The van der Waals surface area contributed by atoms with Crippen LogP contribution in [0.1, 0.15) is 12.6 Å². The normalized spacial score (nSPS) is 10.7. The van der Waals surface area contributed by atoms with Crippen molar-refractivity contribution in [3.8, 4) is 5.75 Å². The average molecular weight is 364 g/mol. The van der Waals surface area contributed by atoms with Gasteiger partial charge in [-0.25, -0.2) is 9.78 Å². The van der Waals surface area contributed by atoms with E-state index in [2.05, 4.69) is 4.98 Å². The number of ether oxygens (including phenoxy) is 1. The molecule has 0 aliphatic rings. The van der Waals surface area contributed by atoms with E-state index in [4.69, 9.17) is 4.74 Å². The maximum Gasteiger partial charge on any atom is 0.336 e. The first-order valence-corrected chi connectivity index (χ1v) is 8.77. The molecule has 0 N–H and O–H groups in total. The fourth-order valence-electron chi connectivity index (χ4n) is 2.25. The number of rotatable bonds is 5. The highest BCUT2D eigenvalue weighted by atomic mass is 32.1. The molecule has 6 heteroatoms. The van der Waals surface area contributed by atoms with Crippen LogP contribution in [0.5, 0.6) is 5.75 Å². The number of thiazole rings is 1. The predicted octanol–water partition coefficient (Wildman–Crippen LogP) is 4.45. The van der Waals surface area contributed by atoms with Crippen LogP contribution in [-0.4, -0.2) is 16.9 Å². The summed E-state index contributed by atoms with van der Waals surface area (Å²) in [6.45, 7) is 1.49. The molecule has 1 heterocycles. The minimum absolute atomic E-state index is 0.135. The number of carbonyl (C=O) groups excluding carboxylic acids is 2. The van der Waals surface area contributed by atoms with Gasteiger partial charge in [0.25, 0.3) is 0 Å². The first-order chi connectivity index (χ1) is 12.6. The first kappa shape index (κ1) is 17.6. The van der Waals surface area contributed by atoms with Crippen molar-refractivity contribution in [2.75, 3.05) is 4.90 Å². The van der Waals surface area contributed by atoms with Crippen LogP contribution in [0.4, 0.5) is 10.8 Å². The molecule has 0 unspecified atom stereocenters. The van der Waals surface area contributed by atoms with Gasteiger partial charge < -0.3 is 4.74 Å². The lowest BCUT2D eigenvalue weighted by Crippen LogP contribution is -2.22. The molecule has 5 nitrogen and oxygen atoms in total. The zero-order valence-electron chi connectivity index (χ0n) is 14.0. The Morgan fingerprint density at radius 2 is 1.69 bits per heavy atom. The Balaban J connectivity index is 1.72. The lowest BCUT2D eigenvalue weighted by molar-refractivity contribution is -0.128. The van der Waals surface area contributed by atoms with Crippen LogP contribution in [-0.2, 0) is 9.59 Å². The molecule has 3 aromatic rings. The van der Waals surface area contributed by atoms with E-state index < -0.39 is 5.97 Å². The number of anilines is 2. The quantitative estimate of drug-likeness (QED) is 0.381. The monoisotopic (exact) mass is 364 g/mol. The molecule has 0 aliphatic heterocycles. The second kappa shape index (κ2) is 8.22. The summed E-state index contributed by atoms with van der Waals surface area (Å²) < 4.78 is 5.18. The van der Waals surface area contributed by atoms with Gasteiger partial charge in [-0.3, -0.25) is 9.69 Å². The summed E-state index contributed by atoms with van der Waals surface area (Å²) in [5.41, 5.74) is 1.32. The van der Waals surface area contributed by atoms with Gasteiger partial charge in [-0.1, -0.05) is 36.4 Å². The second-order valence-corrected chi connectivity index (χ2v) is 6.15. The van der Waals surface area contributed by atoms with Gasteiger partial charge in [-0.15, -0.1) is 11.3 Å². The second-order valence-electron chi connectivity index (χ2n) is 5.31. The minimum Gasteiger partial charge on any atom is -0.423 e. The number of hydrogen-bond acceptors (Lipinski definition) is 5. The van der Waals surface area contributed by atoms with Crippen molar-refractivity contribution in [3.63, 3.8) is 0 Å². The van der Waals surface area contributed by atoms with E-state index in [0.29, 0.717) is 16.6 Å². The van der Waals surface area contributed by atoms with E-state index in [0.717, 1.165) is 5.69 Å². The molecule has 0 spiro atoms. The molecule has 3 rings (SSSR count). The van der Waals surface area contributed by atoms with Gasteiger partial charge in [0.05, 0.1) is 11.4 Å². The number of aromatic nitrogens is 1. The molecule has 0 aliphatic carbocycles. The molecule has 0 saturated carbocycles. The van der Waals surface area contributed by atoms with Crippen LogP contribution >= 0.6 is 11.3 Å². The third-order valence-electron chi connectivity index (χ3n) is 3.38. The number of nitrogens with zero attached hydrogens (tertiary/aromatic N) is 2. The molecular formula is C20H16N2O3S. The topological polar surface area (TPSA) is 59.5 Å². The largest absolute Gasteiger partial charge is 0.423 e. The average Bonchev–Trinajstić information content (AvgIpc) is 3.10. The molecule has 130 valence electrons. The third-order valence-corrected chi connectivity index (χ3v) is 4.23. The number of para-hydroxylation sites is 2. The number of amides is 1. The van der Waals surface area contributed by atoms with Gasteiger partial charge >= 0.3 is 5.97 Å². The van der Waals surface area contributed by atoms with Gasteiger partial charge in [-0.05, 0) is 30.3 Å². The molecule has 0 bridgehead atoms. The van der Waals surface area contributed by atoms with Crippen molar-refractivity contribution in [2.45, 2.75) is 6.92 Å². The Hall–Kier alpha value is -3.25. The Kier molecular flexibility index (Phi) is 5.56. The van der Waals surface area contributed by atoms with Crippen LogP contribution < -0.4 is 9.64 Å². The summed E-state index contributed by atoms with van der Waals surface area (Å²) in [6, 6.07) is 18.1. The molecule has 0 atom stereocenters. The van der Waals surface area contributed by atoms with E-state index >= 15 is 0 Å². The Bertz CT molecular complexity index is 920. The molecule has 0 fully saturated rings. The maximum atomic E-state index is 12.0. The van der Waals surface area contributed by atoms with E-state index in [1.165, 1.54) is 29.2 Å². The van der Waals surface area contributed by atoms with Crippen molar-refractivity contribution in [1.82, 2.24) is 4.98 Å². The van der Waals surface area contributed by atoms with Gasteiger partial charge in [0, 0.05) is 18.4 Å². The molecule has 2 aromatic carbocycles. The third kappa shape index (κ3) is 4.43. The van der Waals surface area contributed by atoms with Gasteiger partial charge in [-0.2, -0.15) is 0 Å². The van der Waals surface area contributed by atoms with Crippen molar-refractivity contribution >= 4 is 40.1 Å². The summed E-state index contributed by atoms with van der Waals surface area (Å²) in [6.07, 6.45) is 2.88. The van der Waals surface area contributed by atoms with Crippen LogP contribution in [0.2, 0.25) is 0 Å². The van der Waals surface area contributed by atoms with Crippen LogP contribution in [0.3, 0.4) is 0 Å². The van der Waals surface area contributed by atoms with E-state index in [1.807, 2.05) is 36.4 Å². The summed E-state index contributed by atoms with van der Waals surface area (Å²) >= 11 is 1.33. The first-order valence-electron chi connectivity index (χ1n) is 7.90. The molecule has 1 amide bonds.